The molecule has 2 aromatic carbocycles. The van der Waals surface area contributed by atoms with Crippen LogP contribution in [0.1, 0.15) is 36.8 Å². The third kappa shape index (κ3) is 5.57. The Morgan fingerprint density at radius 3 is 2.69 bits per heavy atom. The van der Waals surface area contributed by atoms with Crippen LogP contribution in [-0.2, 0) is 33.8 Å². The summed E-state index contributed by atoms with van der Waals surface area (Å²) in [5, 5.41) is 17.9. The van der Waals surface area contributed by atoms with Gasteiger partial charge in [-0.25, -0.2) is 9.48 Å². The summed E-state index contributed by atoms with van der Waals surface area (Å²) >= 11 is 5.83. The Morgan fingerprint density at radius 2 is 1.94 bits per heavy atom. The lowest BCUT2D eigenvalue weighted by atomic mass is 10.1. The van der Waals surface area contributed by atoms with Crippen LogP contribution in [-0.4, -0.2) is 31.1 Å². The van der Waals surface area contributed by atoms with Gasteiger partial charge >= 0.3 is 11.7 Å². The Balaban J connectivity index is 1.53. The number of nitro groups is 1. The van der Waals surface area contributed by atoms with Gasteiger partial charge in [0.25, 0.3) is 11.6 Å². The molecule has 0 saturated carbocycles. The zero-order valence-corrected chi connectivity index (χ0v) is 19.3. The molecule has 0 saturated heterocycles. The number of nitrogens with one attached hydrogen (secondary N) is 1. The molecular formula is C23H22ClN5O6. The molecule has 4 rings (SSSR count). The highest BCUT2D eigenvalue weighted by Gasteiger charge is 2.27. The van der Waals surface area contributed by atoms with Crippen molar-refractivity contribution in [3.63, 3.8) is 0 Å². The Hall–Kier alpha value is -3.99. The van der Waals surface area contributed by atoms with Crippen molar-refractivity contribution in [1.29, 1.82) is 0 Å². The minimum absolute atomic E-state index is 0.0806. The lowest BCUT2D eigenvalue weighted by Crippen LogP contribution is -2.31. The molecule has 1 aromatic heterocycles. The summed E-state index contributed by atoms with van der Waals surface area (Å²) in [6, 6.07) is 12.1. The first-order valence-corrected chi connectivity index (χ1v) is 11.4. The molecule has 1 amide bonds. The summed E-state index contributed by atoms with van der Waals surface area (Å²) in [7, 11) is 0. The number of fused-ring (bicyclic) bond motifs is 1. The number of anilines is 1. The molecule has 0 aliphatic carbocycles. The highest BCUT2D eigenvalue weighted by Crippen LogP contribution is 2.28. The second kappa shape index (κ2) is 10.5. The maximum Gasteiger partial charge on any atom is 0.346 e. The number of rotatable bonds is 7. The van der Waals surface area contributed by atoms with Crippen molar-refractivity contribution in [2.45, 2.75) is 44.9 Å². The number of esters is 1. The van der Waals surface area contributed by atoms with E-state index in [9.17, 15) is 24.5 Å². The van der Waals surface area contributed by atoms with Crippen molar-refractivity contribution in [2.24, 2.45) is 0 Å². The Kier molecular flexibility index (Phi) is 7.25. The fraction of sp³-hybridized carbons (Fsp3) is 0.304. The fourth-order valence-corrected chi connectivity index (χ4v) is 4.04. The average Bonchev–Trinajstić information content (AvgIpc) is 2.99. The molecule has 182 valence electrons. The monoisotopic (exact) mass is 499 g/mol. The zero-order chi connectivity index (χ0) is 24.9. The SMILES string of the molecule is O=C(Cn1nc2n(c1=O)CCCCC2)OC(C(=O)Nc1ccc(Cl)c([N+](=O)[O-])c1)c1ccccc1. The molecule has 11 nitrogen and oxygen atoms in total. The molecule has 0 spiro atoms. The minimum Gasteiger partial charge on any atom is -0.446 e. The molecule has 1 N–H and O–H groups in total. The average molecular weight is 500 g/mol. The maximum atomic E-state index is 13.1. The van der Waals surface area contributed by atoms with Crippen molar-refractivity contribution >= 4 is 34.9 Å². The maximum absolute atomic E-state index is 13.1. The van der Waals surface area contributed by atoms with Gasteiger partial charge in [0.1, 0.15) is 17.4 Å². The molecule has 12 heteroatoms. The standard InChI is InChI=1S/C23H22ClN5O6/c24-17-11-10-16(13-18(17)29(33)34)25-22(31)21(15-7-3-1-4-8-15)35-20(30)14-28-23(32)27-12-6-2-5-9-19(27)26-28/h1,3-4,7-8,10-11,13,21H,2,5-6,9,12,14H2,(H,25,31). The lowest BCUT2D eigenvalue weighted by Gasteiger charge is -2.18. The van der Waals surface area contributed by atoms with E-state index in [1.54, 1.807) is 34.9 Å². The second-order valence-electron chi connectivity index (χ2n) is 8.01. The molecule has 35 heavy (non-hydrogen) atoms. The summed E-state index contributed by atoms with van der Waals surface area (Å²) in [5.41, 5.74) is -0.281. The topological polar surface area (TPSA) is 138 Å². The molecule has 1 atom stereocenters. The van der Waals surface area contributed by atoms with Gasteiger partial charge in [0, 0.05) is 30.3 Å². The molecule has 1 aliphatic rings. The first-order valence-electron chi connectivity index (χ1n) is 11.0. The quantitative estimate of drug-likeness (QED) is 0.299. The van der Waals surface area contributed by atoms with Crippen molar-refractivity contribution in [3.05, 3.63) is 85.5 Å². The molecule has 3 aromatic rings. The number of benzene rings is 2. The van der Waals surface area contributed by atoms with Gasteiger partial charge < -0.3 is 10.1 Å². The number of amides is 1. The van der Waals surface area contributed by atoms with Crippen LogP contribution >= 0.6 is 11.6 Å². The zero-order valence-electron chi connectivity index (χ0n) is 18.6. The summed E-state index contributed by atoms with van der Waals surface area (Å²) in [4.78, 5) is 49.0. The normalized spacial score (nSPS) is 13.9. The highest BCUT2D eigenvalue weighted by atomic mass is 35.5. The van der Waals surface area contributed by atoms with Gasteiger partial charge in [-0.05, 0) is 25.0 Å². The van der Waals surface area contributed by atoms with Gasteiger partial charge in [0.2, 0.25) is 6.10 Å². The van der Waals surface area contributed by atoms with E-state index in [4.69, 9.17) is 16.3 Å². The van der Waals surface area contributed by atoms with E-state index in [-0.39, 0.29) is 16.4 Å². The van der Waals surface area contributed by atoms with E-state index >= 15 is 0 Å². The van der Waals surface area contributed by atoms with Crippen LogP contribution in [0.25, 0.3) is 0 Å². The summed E-state index contributed by atoms with van der Waals surface area (Å²) in [5.74, 6) is -0.928. The summed E-state index contributed by atoms with van der Waals surface area (Å²) in [6.07, 6.45) is 2.08. The van der Waals surface area contributed by atoms with Crippen LogP contribution in [0, 0.1) is 10.1 Å². The molecule has 1 unspecified atom stereocenters. The van der Waals surface area contributed by atoms with Crippen molar-refractivity contribution < 1.29 is 19.2 Å². The Labute approximate surface area is 204 Å². The number of hydrogen-bond donors (Lipinski definition) is 1. The van der Waals surface area contributed by atoms with Crippen molar-refractivity contribution in [1.82, 2.24) is 14.3 Å². The first kappa shape index (κ1) is 24.1. The number of carbonyl (C=O) groups excluding carboxylic acids is 2. The first-order chi connectivity index (χ1) is 16.8. The Bertz CT molecular complexity index is 1320. The van der Waals surface area contributed by atoms with Crippen LogP contribution in [0.3, 0.4) is 0 Å². The van der Waals surface area contributed by atoms with Crippen LogP contribution in [0.4, 0.5) is 11.4 Å². The van der Waals surface area contributed by atoms with E-state index in [0.29, 0.717) is 24.4 Å². The van der Waals surface area contributed by atoms with Crippen LogP contribution in [0.5, 0.6) is 0 Å². The number of halogens is 1. The number of aryl methyl sites for hydroxylation is 1. The molecule has 0 radical (unpaired) electrons. The Morgan fingerprint density at radius 1 is 1.17 bits per heavy atom. The largest absolute Gasteiger partial charge is 0.446 e. The predicted octanol–water partition coefficient (Wildman–Crippen LogP) is 3.26. The minimum atomic E-state index is -1.37. The van der Waals surface area contributed by atoms with Gasteiger partial charge in [-0.3, -0.25) is 24.3 Å². The van der Waals surface area contributed by atoms with E-state index < -0.39 is 35.1 Å². The van der Waals surface area contributed by atoms with E-state index in [1.165, 1.54) is 12.1 Å². The number of ether oxygens (including phenoxy) is 1. The summed E-state index contributed by atoms with van der Waals surface area (Å²) < 4.78 is 8.08. The second-order valence-corrected chi connectivity index (χ2v) is 8.42. The predicted molar refractivity (Wildman–Crippen MR) is 126 cm³/mol. The van der Waals surface area contributed by atoms with E-state index in [2.05, 4.69) is 10.4 Å². The van der Waals surface area contributed by atoms with Crippen LogP contribution in [0.2, 0.25) is 5.02 Å². The van der Waals surface area contributed by atoms with Gasteiger partial charge in [0.05, 0.1) is 4.92 Å². The third-order valence-electron chi connectivity index (χ3n) is 5.56. The number of aromatic nitrogens is 3. The number of nitro benzene ring substituents is 1. The third-order valence-corrected chi connectivity index (χ3v) is 5.88. The van der Waals surface area contributed by atoms with Crippen LogP contribution < -0.4 is 11.0 Å². The van der Waals surface area contributed by atoms with Crippen LogP contribution in [0.15, 0.2) is 53.3 Å². The van der Waals surface area contributed by atoms with Gasteiger partial charge in [-0.1, -0.05) is 48.4 Å². The fourth-order valence-electron chi connectivity index (χ4n) is 3.86. The van der Waals surface area contributed by atoms with E-state index in [0.717, 1.165) is 30.0 Å². The van der Waals surface area contributed by atoms with E-state index in [1.807, 2.05) is 0 Å². The van der Waals surface area contributed by atoms with Gasteiger partial charge in [-0.15, -0.1) is 0 Å². The molecule has 0 bridgehead atoms. The van der Waals surface area contributed by atoms with Gasteiger partial charge in [-0.2, -0.15) is 5.10 Å². The molecule has 1 aliphatic heterocycles. The molecule has 0 fully saturated rings. The number of carbonyl (C=O) groups is 2. The van der Waals surface area contributed by atoms with Gasteiger partial charge in [0.15, 0.2) is 0 Å². The summed E-state index contributed by atoms with van der Waals surface area (Å²) in [6.45, 7) is 0.0906. The smallest absolute Gasteiger partial charge is 0.346 e. The number of hydrogen-bond acceptors (Lipinski definition) is 7. The van der Waals surface area contributed by atoms with Crippen molar-refractivity contribution in [3.8, 4) is 0 Å². The molecule has 2 heterocycles. The number of nitrogens with zero attached hydrogens (tertiary/aromatic N) is 4. The lowest BCUT2D eigenvalue weighted by molar-refractivity contribution is -0.384. The molecular weight excluding hydrogens is 478 g/mol. The highest BCUT2D eigenvalue weighted by molar-refractivity contribution is 6.32. The van der Waals surface area contributed by atoms with Crippen molar-refractivity contribution in [2.75, 3.05) is 5.32 Å².